The Balaban J connectivity index is 2.39. The molecule has 0 fully saturated rings. The van der Waals surface area contributed by atoms with E-state index in [9.17, 15) is 4.79 Å². The van der Waals surface area contributed by atoms with Gasteiger partial charge in [-0.05, 0) is 63.3 Å². The van der Waals surface area contributed by atoms with Gasteiger partial charge in [0.2, 0.25) is 0 Å². The molecule has 1 aliphatic carbocycles. The third-order valence-corrected chi connectivity index (χ3v) is 4.70. The van der Waals surface area contributed by atoms with Gasteiger partial charge in [0.05, 0.1) is 0 Å². The highest BCUT2D eigenvalue weighted by Gasteiger charge is 2.20. The number of carbonyl (C=O) groups excluding carboxylic acids is 1. The molecule has 0 spiro atoms. The number of Topliss-reactive ketones (excluding diaryl/α,β-unsaturated/α-hetero) is 1. The largest absolute Gasteiger partial charge is 0.289 e. The minimum atomic E-state index is 0.162. The van der Waals surface area contributed by atoms with Crippen LogP contribution in [0.25, 0.3) is 0 Å². The lowest BCUT2D eigenvalue weighted by atomic mass is 9.98. The minimum absolute atomic E-state index is 0.162. The molecule has 1 aromatic carbocycles. The van der Waals surface area contributed by atoms with Crippen molar-refractivity contribution in [2.24, 2.45) is 0 Å². The van der Waals surface area contributed by atoms with Gasteiger partial charge in [0.25, 0.3) is 0 Å². The van der Waals surface area contributed by atoms with E-state index >= 15 is 0 Å². The predicted molar refractivity (Wildman–Crippen MR) is 97.6 cm³/mol. The van der Waals surface area contributed by atoms with Gasteiger partial charge in [-0.2, -0.15) is 0 Å². The molecule has 22 heavy (non-hydrogen) atoms. The summed E-state index contributed by atoms with van der Waals surface area (Å²) in [6, 6.07) is 6.14. The average molecular weight is 359 g/mol. The van der Waals surface area contributed by atoms with E-state index in [1.807, 2.05) is 19.1 Å². The molecule has 0 aromatic heterocycles. The van der Waals surface area contributed by atoms with Gasteiger partial charge in [0, 0.05) is 15.6 Å². The van der Waals surface area contributed by atoms with Crippen LogP contribution in [-0.4, -0.2) is 5.78 Å². The summed E-state index contributed by atoms with van der Waals surface area (Å²) < 4.78 is 1.04. The van der Waals surface area contributed by atoms with Crippen molar-refractivity contribution < 1.29 is 4.79 Å². The number of ketones is 1. The SMILES string of the molecule is CC/C(C)=C/C(Br)=C\C1=C(C)C(=O)c2ccc(C)cc2CC1. The summed E-state index contributed by atoms with van der Waals surface area (Å²) in [5.74, 6) is 0.162. The first-order valence-electron chi connectivity index (χ1n) is 7.80. The van der Waals surface area contributed by atoms with Crippen molar-refractivity contribution in [2.75, 3.05) is 0 Å². The van der Waals surface area contributed by atoms with E-state index in [-0.39, 0.29) is 5.78 Å². The van der Waals surface area contributed by atoms with Crippen molar-refractivity contribution in [3.63, 3.8) is 0 Å². The highest BCUT2D eigenvalue weighted by molar-refractivity contribution is 9.11. The van der Waals surface area contributed by atoms with E-state index in [0.29, 0.717) is 0 Å². The van der Waals surface area contributed by atoms with Gasteiger partial charge in [-0.15, -0.1) is 0 Å². The Kier molecular flexibility index (Phi) is 5.57. The highest BCUT2D eigenvalue weighted by Crippen LogP contribution is 2.28. The lowest BCUT2D eigenvalue weighted by Gasteiger charge is -2.05. The molecule has 0 saturated carbocycles. The van der Waals surface area contributed by atoms with Crippen LogP contribution in [0.2, 0.25) is 0 Å². The maximum Gasteiger partial charge on any atom is 0.189 e. The minimum Gasteiger partial charge on any atom is -0.289 e. The van der Waals surface area contributed by atoms with Gasteiger partial charge in [-0.3, -0.25) is 4.79 Å². The highest BCUT2D eigenvalue weighted by atomic mass is 79.9. The Morgan fingerprint density at radius 1 is 1.27 bits per heavy atom. The summed E-state index contributed by atoms with van der Waals surface area (Å²) in [6.45, 7) is 8.28. The van der Waals surface area contributed by atoms with Gasteiger partial charge < -0.3 is 0 Å². The Hall–Kier alpha value is -1.41. The number of aryl methyl sites for hydroxylation is 2. The molecule has 0 amide bonds. The van der Waals surface area contributed by atoms with Crippen LogP contribution >= 0.6 is 15.9 Å². The normalized spacial score (nSPS) is 16.7. The first kappa shape index (κ1) is 17.0. The zero-order valence-corrected chi connectivity index (χ0v) is 15.4. The summed E-state index contributed by atoms with van der Waals surface area (Å²) >= 11 is 3.61. The lowest BCUT2D eigenvalue weighted by molar-refractivity contribution is 0.103. The maximum absolute atomic E-state index is 12.7. The molecule has 0 heterocycles. The Bertz CT molecular complexity index is 690. The van der Waals surface area contributed by atoms with Crippen molar-refractivity contribution in [3.8, 4) is 0 Å². The van der Waals surface area contributed by atoms with Crippen molar-refractivity contribution >= 4 is 21.7 Å². The summed E-state index contributed by atoms with van der Waals surface area (Å²) in [5, 5.41) is 0. The number of hydrogen-bond acceptors (Lipinski definition) is 1. The molecule has 0 N–H and O–H groups in total. The number of benzene rings is 1. The molecular formula is C20H23BrO. The smallest absolute Gasteiger partial charge is 0.189 e. The zero-order valence-electron chi connectivity index (χ0n) is 13.8. The van der Waals surface area contributed by atoms with E-state index in [4.69, 9.17) is 0 Å². The van der Waals surface area contributed by atoms with Crippen molar-refractivity contribution in [2.45, 2.75) is 47.0 Å². The second-order valence-corrected chi connectivity index (χ2v) is 6.93. The molecule has 1 aliphatic rings. The topological polar surface area (TPSA) is 17.1 Å². The molecule has 0 radical (unpaired) electrons. The van der Waals surface area contributed by atoms with Crippen LogP contribution in [0.1, 0.15) is 55.1 Å². The molecule has 0 saturated heterocycles. The number of hydrogen-bond donors (Lipinski definition) is 0. The third-order valence-electron chi connectivity index (χ3n) is 4.25. The molecule has 2 heteroatoms. The molecule has 1 aromatic rings. The first-order valence-corrected chi connectivity index (χ1v) is 8.60. The molecule has 116 valence electrons. The van der Waals surface area contributed by atoms with E-state index in [1.165, 1.54) is 16.7 Å². The lowest BCUT2D eigenvalue weighted by Crippen LogP contribution is -2.03. The number of rotatable bonds is 3. The second kappa shape index (κ2) is 7.23. The number of carbonyl (C=O) groups is 1. The number of fused-ring (bicyclic) bond motifs is 1. The Morgan fingerprint density at radius 2 is 2.00 bits per heavy atom. The van der Waals surface area contributed by atoms with Crippen LogP contribution in [0.4, 0.5) is 0 Å². The fraction of sp³-hybridized carbons (Fsp3) is 0.350. The van der Waals surface area contributed by atoms with Crippen molar-refractivity contribution in [3.05, 3.63) is 68.2 Å². The molecule has 1 nitrogen and oxygen atoms in total. The van der Waals surface area contributed by atoms with E-state index < -0.39 is 0 Å². The van der Waals surface area contributed by atoms with Gasteiger partial charge in [-0.1, -0.05) is 52.2 Å². The monoisotopic (exact) mass is 358 g/mol. The summed E-state index contributed by atoms with van der Waals surface area (Å²) in [4.78, 5) is 12.7. The molecule has 0 bridgehead atoms. The van der Waals surface area contributed by atoms with E-state index in [0.717, 1.165) is 40.5 Å². The molecule has 0 aliphatic heterocycles. The number of halogens is 1. The average Bonchev–Trinajstić information content (AvgIpc) is 2.59. The van der Waals surface area contributed by atoms with Gasteiger partial charge in [-0.25, -0.2) is 0 Å². The van der Waals surface area contributed by atoms with Gasteiger partial charge in [0.1, 0.15) is 0 Å². The van der Waals surface area contributed by atoms with Crippen LogP contribution in [0.5, 0.6) is 0 Å². The van der Waals surface area contributed by atoms with Crippen LogP contribution in [0.15, 0.2) is 51.6 Å². The Morgan fingerprint density at radius 3 is 2.68 bits per heavy atom. The first-order chi connectivity index (χ1) is 10.4. The molecule has 2 rings (SSSR count). The van der Waals surface area contributed by atoms with Crippen LogP contribution in [0, 0.1) is 6.92 Å². The fourth-order valence-corrected chi connectivity index (χ4v) is 3.35. The van der Waals surface area contributed by atoms with Crippen LogP contribution in [0.3, 0.4) is 0 Å². The molecule has 0 unspecified atom stereocenters. The van der Waals surface area contributed by atoms with E-state index in [1.54, 1.807) is 0 Å². The van der Waals surface area contributed by atoms with Crippen LogP contribution < -0.4 is 0 Å². The number of allylic oxidation sites excluding steroid dienone is 6. The molecule has 0 atom stereocenters. The van der Waals surface area contributed by atoms with E-state index in [2.05, 4.69) is 54.9 Å². The van der Waals surface area contributed by atoms with Gasteiger partial charge in [0.15, 0.2) is 5.78 Å². The fourth-order valence-electron chi connectivity index (χ4n) is 2.68. The zero-order chi connectivity index (χ0) is 16.3. The Labute approximate surface area is 141 Å². The molecular weight excluding hydrogens is 336 g/mol. The quantitative estimate of drug-likeness (QED) is 0.598. The third kappa shape index (κ3) is 3.86. The predicted octanol–water partition coefficient (Wildman–Crippen LogP) is 6.08. The van der Waals surface area contributed by atoms with Crippen LogP contribution in [-0.2, 0) is 6.42 Å². The maximum atomic E-state index is 12.7. The summed E-state index contributed by atoms with van der Waals surface area (Å²) in [5.41, 5.74) is 6.56. The van der Waals surface area contributed by atoms with Crippen molar-refractivity contribution in [1.82, 2.24) is 0 Å². The second-order valence-electron chi connectivity index (χ2n) is 6.01. The summed E-state index contributed by atoms with van der Waals surface area (Å²) in [6.07, 6.45) is 7.09. The standard InChI is InChI=1S/C20H23BrO/c1-5-13(2)11-18(21)12-16-7-8-17-10-14(3)6-9-19(17)20(22)15(16)4/h6,9-12H,5,7-8H2,1-4H3/b13-11+,18-12+. The van der Waals surface area contributed by atoms with Crippen molar-refractivity contribution in [1.29, 1.82) is 0 Å². The summed E-state index contributed by atoms with van der Waals surface area (Å²) in [7, 11) is 0. The van der Waals surface area contributed by atoms with Gasteiger partial charge >= 0.3 is 0 Å².